The molecule has 0 amide bonds. The number of nitrogens with two attached hydrogens (primary N) is 1. The summed E-state index contributed by atoms with van der Waals surface area (Å²) in [7, 11) is 0. The van der Waals surface area contributed by atoms with E-state index in [4.69, 9.17) is 5.73 Å². The monoisotopic (exact) mass is 293 g/mol. The number of aliphatic carboxylic acids is 1. The first kappa shape index (κ1) is 15.4. The lowest BCUT2D eigenvalue weighted by molar-refractivity contribution is -0.144. The van der Waals surface area contributed by atoms with Gasteiger partial charge in [-0.2, -0.15) is 11.8 Å². The number of benzene rings is 1. The van der Waals surface area contributed by atoms with Crippen LogP contribution in [-0.4, -0.2) is 21.9 Å². The Morgan fingerprint density at radius 2 is 2.05 bits per heavy atom. The van der Waals surface area contributed by atoms with Crippen LogP contribution < -0.4 is 5.73 Å². The standard InChI is InChI=1S/C16H23NO2S/c1-11-6-12(2)8-13(7-11)10-20-14-4-3-5-16(17,9-14)15(18)19/h6-8,14H,3-5,9-10,17H2,1-2H3,(H,18,19). The number of aryl methyl sites for hydroxylation is 2. The molecule has 1 aromatic rings. The molecule has 1 aromatic carbocycles. The summed E-state index contributed by atoms with van der Waals surface area (Å²) in [5.41, 5.74) is 8.86. The molecule has 0 radical (unpaired) electrons. The van der Waals surface area contributed by atoms with Crippen LogP contribution in [0.4, 0.5) is 0 Å². The van der Waals surface area contributed by atoms with Crippen molar-refractivity contribution in [3.8, 4) is 0 Å². The maximum absolute atomic E-state index is 11.3. The first-order valence-corrected chi connectivity index (χ1v) is 8.15. The molecule has 1 aliphatic carbocycles. The van der Waals surface area contributed by atoms with E-state index in [0.717, 1.165) is 18.6 Å². The maximum Gasteiger partial charge on any atom is 0.323 e. The number of carboxylic acids is 1. The van der Waals surface area contributed by atoms with E-state index in [2.05, 4.69) is 32.0 Å². The van der Waals surface area contributed by atoms with Crippen LogP contribution in [0.2, 0.25) is 0 Å². The lowest BCUT2D eigenvalue weighted by atomic mass is 9.82. The number of rotatable bonds is 4. The zero-order chi connectivity index (χ0) is 14.8. The van der Waals surface area contributed by atoms with Gasteiger partial charge >= 0.3 is 5.97 Å². The fourth-order valence-electron chi connectivity index (χ4n) is 2.96. The number of thioether (sulfide) groups is 1. The molecule has 1 fully saturated rings. The van der Waals surface area contributed by atoms with Crippen LogP contribution in [0.1, 0.15) is 42.4 Å². The Morgan fingerprint density at radius 3 is 2.65 bits per heavy atom. The van der Waals surface area contributed by atoms with Gasteiger partial charge in [-0.05, 0) is 45.1 Å². The Kier molecular flexibility index (Phi) is 4.76. The van der Waals surface area contributed by atoms with Crippen molar-refractivity contribution < 1.29 is 9.90 Å². The van der Waals surface area contributed by atoms with E-state index in [1.54, 1.807) is 0 Å². The van der Waals surface area contributed by atoms with Gasteiger partial charge in [0.25, 0.3) is 0 Å². The summed E-state index contributed by atoms with van der Waals surface area (Å²) in [5, 5.41) is 9.59. The summed E-state index contributed by atoms with van der Waals surface area (Å²) in [6.07, 6.45) is 3.16. The van der Waals surface area contributed by atoms with Crippen molar-refractivity contribution in [2.75, 3.05) is 0 Å². The maximum atomic E-state index is 11.3. The quantitative estimate of drug-likeness (QED) is 0.894. The highest BCUT2D eigenvalue weighted by Crippen LogP contribution is 2.35. The zero-order valence-electron chi connectivity index (χ0n) is 12.2. The molecule has 0 heterocycles. The van der Waals surface area contributed by atoms with Crippen LogP contribution in [-0.2, 0) is 10.5 Å². The lowest BCUT2D eigenvalue weighted by Crippen LogP contribution is -2.51. The second kappa shape index (κ2) is 6.19. The summed E-state index contributed by atoms with van der Waals surface area (Å²) in [6, 6.07) is 6.58. The van der Waals surface area contributed by atoms with Crippen LogP contribution in [0, 0.1) is 13.8 Å². The number of hydrogen-bond acceptors (Lipinski definition) is 3. The van der Waals surface area contributed by atoms with E-state index in [1.807, 2.05) is 11.8 Å². The van der Waals surface area contributed by atoms with E-state index in [0.29, 0.717) is 18.1 Å². The Morgan fingerprint density at radius 1 is 1.40 bits per heavy atom. The van der Waals surface area contributed by atoms with Crippen LogP contribution in [0.25, 0.3) is 0 Å². The van der Waals surface area contributed by atoms with Crippen molar-refractivity contribution in [1.29, 1.82) is 0 Å². The van der Waals surface area contributed by atoms with Crippen molar-refractivity contribution in [2.45, 2.75) is 56.1 Å². The van der Waals surface area contributed by atoms with Gasteiger partial charge in [0.15, 0.2) is 0 Å². The Bertz CT molecular complexity index is 483. The Balaban J connectivity index is 1.95. The SMILES string of the molecule is Cc1cc(C)cc(CSC2CCCC(N)(C(=O)O)C2)c1. The van der Waals surface area contributed by atoms with Gasteiger partial charge in [-0.1, -0.05) is 29.3 Å². The third kappa shape index (κ3) is 3.76. The normalized spacial score (nSPS) is 26.4. The Hall–Kier alpha value is -1.00. The van der Waals surface area contributed by atoms with Crippen molar-refractivity contribution in [3.05, 3.63) is 34.9 Å². The molecule has 4 heteroatoms. The molecule has 1 aliphatic rings. The van der Waals surface area contributed by atoms with Gasteiger partial charge in [-0.15, -0.1) is 0 Å². The smallest absolute Gasteiger partial charge is 0.323 e. The molecular formula is C16H23NO2S. The average molecular weight is 293 g/mol. The minimum Gasteiger partial charge on any atom is -0.480 e. The number of hydrogen-bond donors (Lipinski definition) is 2. The van der Waals surface area contributed by atoms with Crippen molar-refractivity contribution in [2.24, 2.45) is 5.73 Å². The second-order valence-electron chi connectivity index (χ2n) is 5.99. The second-order valence-corrected chi connectivity index (χ2v) is 7.28. The topological polar surface area (TPSA) is 63.3 Å². The zero-order valence-corrected chi connectivity index (χ0v) is 13.0. The Labute approximate surface area is 124 Å². The highest BCUT2D eigenvalue weighted by molar-refractivity contribution is 7.99. The molecule has 20 heavy (non-hydrogen) atoms. The van der Waals surface area contributed by atoms with Crippen LogP contribution in [0.5, 0.6) is 0 Å². The van der Waals surface area contributed by atoms with Crippen LogP contribution >= 0.6 is 11.8 Å². The molecule has 0 aliphatic heterocycles. The first-order chi connectivity index (χ1) is 9.39. The molecule has 2 atom stereocenters. The molecule has 0 bridgehead atoms. The lowest BCUT2D eigenvalue weighted by Gasteiger charge is -2.34. The molecular weight excluding hydrogens is 270 g/mol. The van der Waals surface area contributed by atoms with Crippen molar-refractivity contribution >= 4 is 17.7 Å². The van der Waals surface area contributed by atoms with E-state index in [9.17, 15) is 9.90 Å². The summed E-state index contributed by atoms with van der Waals surface area (Å²) in [6.45, 7) is 4.22. The summed E-state index contributed by atoms with van der Waals surface area (Å²) in [5.74, 6) is 0.0808. The highest BCUT2D eigenvalue weighted by Gasteiger charge is 2.39. The average Bonchev–Trinajstić information content (AvgIpc) is 2.35. The highest BCUT2D eigenvalue weighted by atomic mass is 32.2. The van der Waals surface area contributed by atoms with Crippen LogP contribution in [0.3, 0.4) is 0 Å². The van der Waals surface area contributed by atoms with Gasteiger partial charge < -0.3 is 10.8 Å². The molecule has 1 saturated carbocycles. The van der Waals surface area contributed by atoms with E-state index < -0.39 is 11.5 Å². The predicted octanol–water partition coefficient (Wildman–Crippen LogP) is 3.26. The van der Waals surface area contributed by atoms with Gasteiger partial charge in [0.05, 0.1) is 0 Å². The minimum atomic E-state index is -1.02. The molecule has 2 rings (SSSR count). The minimum absolute atomic E-state index is 0.352. The fourth-order valence-corrected chi connectivity index (χ4v) is 4.30. The van der Waals surface area contributed by atoms with Gasteiger partial charge in [-0.3, -0.25) is 4.79 Å². The molecule has 0 aromatic heterocycles. The van der Waals surface area contributed by atoms with Gasteiger partial charge in [0.2, 0.25) is 0 Å². The third-order valence-electron chi connectivity index (χ3n) is 3.93. The summed E-state index contributed by atoms with van der Waals surface area (Å²) >= 11 is 1.84. The van der Waals surface area contributed by atoms with Crippen molar-refractivity contribution in [3.63, 3.8) is 0 Å². The molecule has 3 nitrogen and oxygen atoms in total. The molecule has 0 spiro atoms. The van der Waals surface area contributed by atoms with E-state index in [1.165, 1.54) is 16.7 Å². The fraction of sp³-hybridized carbons (Fsp3) is 0.562. The molecule has 110 valence electrons. The van der Waals surface area contributed by atoms with Gasteiger partial charge in [0.1, 0.15) is 5.54 Å². The first-order valence-electron chi connectivity index (χ1n) is 7.10. The van der Waals surface area contributed by atoms with Crippen molar-refractivity contribution in [1.82, 2.24) is 0 Å². The predicted molar refractivity (Wildman–Crippen MR) is 84.0 cm³/mol. The molecule has 0 saturated heterocycles. The van der Waals surface area contributed by atoms with Gasteiger partial charge in [-0.25, -0.2) is 0 Å². The largest absolute Gasteiger partial charge is 0.480 e. The molecule has 3 N–H and O–H groups in total. The van der Waals surface area contributed by atoms with Crippen LogP contribution in [0.15, 0.2) is 18.2 Å². The van der Waals surface area contributed by atoms with E-state index >= 15 is 0 Å². The summed E-state index contributed by atoms with van der Waals surface area (Å²) in [4.78, 5) is 11.3. The van der Waals surface area contributed by atoms with Gasteiger partial charge in [0, 0.05) is 11.0 Å². The number of carbonyl (C=O) groups is 1. The third-order valence-corrected chi connectivity index (χ3v) is 5.31. The van der Waals surface area contributed by atoms with E-state index in [-0.39, 0.29) is 0 Å². The molecule has 2 unspecified atom stereocenters. The summed E-state index contributed by atoms with van der Waals surface area (Å²) < 4.78 is 0. The number of carboxylic acid groups (broad SMARTS) is 1.